The fourth-order valence-electron chi connectivity index (χ4n) is 3.81. The number of benzene rings is 2. The van der Waals surface area contributed by atoms with Gasteiger partial charge >= 0.3 is 0 Å². The van der Waals surface area contributed by atoms with Gasteiger partial charge in [-0.3, -0.25) is 4.98 Å². The topological polar surface area (TPSA) is 62.2 Å². The molecule has 1 aliphatic rings. The molecule has 2 aromatic carbocycles. The molecule has 0 spiro atoms. The van der Waals surface area contributed by atoms with Crippen LogP contribution in [0.3, 0.4) is 0 Å². The highest BCUT2D eigenvalue weighted by atomic mass is 16.6. The second kappa shape index (κ2) is 10.9. The monoisotopic (exact) mass is 446 g/mol. The quantitative estimate of drug-likeness (QED) is 0.438. The zero-order chi connectivity index (χ0) is 23.0. The number of hydrogen-bond acceptors (Lipinski definition) is 6. The molecular formula is C27H30N2O4. The van der Waals surface area contributed by atoms with Gasteiger partial charge in [-0.1, -0.05) is 24.2 Å². The number of aryl methyl sites for hydroxylation is 1. The number of hydrogen-bond donors (Lipinski definition) is 0. The van der Waals surface area contributed by atoms with Gasteiger partial charge in [-0.25, -0.2) is 0 Å². The Bertz CT molecular complexity index is 1080. The smallest absolute Gasteiger partial charge is 0.160 e. The van der Waals surface area contributed by atoms with Crippen LogP contribution in [-0.2, 0) is 24.1 Å². The van der Waals surface area contributed by atoms with Gasteiger partial charge in [0.1, 0.15) is 11.9 Å². The van der Waals surface area contributed by atoms with E-state index in [4.69, 9.17) is 19.0 Å². The van der Waals surface area contributed by atoms with Crippen LogP contribution in [0.15, 0.2) is 65.9 Å². The Labute approximate surface area is 195 Å². The van der Waals surface area contributed by atoms with Gasteiger partial charge in [0.05, 0.1) is 26.5 Å². The molecule has 1 aromatic heterocycles. The third kappa shape index (κ3) is 5.83. The molecule has 1 aliphatic heterocycles. The normalized spacial score (nSPS) is 15.0. The second-order valence-corrected chi connectivity index (χ2v) is 8.00. The van der Waals surface area contributed by atoms with Crippen LogP contribution in [0.2, 0.25) is 0 Å². The van der Waals surface area contributed by atoms with Crippen LogP contribution in [0.25, 0.3) is 0 Å². The van der Waals surface area contributed by atoms with Gasteiger partial charge in [0.25, 0.3) is 0 Å². The fraction of sp³-hybridized carbons (Fsp3) is 0.333. The van der Waals surface area contributed by atoms with Crippen LogP contribution < -0.4 is 14.2 Å². The lowest BCUT2D eigenvalue weighted by atomic mass is 10.00. The molecule has 6 heteroatoms. The molecule has 4 rings (SSSR count). The van der Waals surface area contributed by atoms with Crippen LogP contribution in [0.4, 0.5) is 0 Å². The number of rotatable bonds is 10. The maximum atomic E-state index is 5.89. The van der Waals surface area contributed by atoms with E-state index in [9.17, 15) is 0 Å². The third-order valence-electron chi connectivity index (χ3n) is 5.75. The standard InChI is InChI=1S/C27H30N2O4/c1-4-19-5-9-22(28-18-19)13-14-32-23-10-7-21(8-11-23)25-17-24(33-29-25)15-20-6-12-26(30-2)27(16-20)31-3/h5-12,16,18,24H,4,13-15,17H2,1-3H3. The van der Waals surface area contributed by atoms with E-state index >= 15 is 0 Å². The van der Waals surface area contributed by atoms with Gasteiger partial charge in [0.15, 0.2) is 11.5 Å². The van der Waals surface area contributed by atoms with Crippen LogP contribution in [-0.4, -0.2) is 37.6 Å². The molecule has 33 heavy (non-hydrogen) atoms. The summed E-state index contributed by atoms with van der Waals surface area (Å²) in [4.78, 5) is 10.2. The SMILES string of the molecule is CCc1ccc(CCOc2ccc(C3=NOC(Cc4ccc(OC)c(OC)c4)C3)cc2)nc1. The van der Waals surface area contributed by atoms with Crippen LogP contribution in [0.1, 0.15) is 35.7 Å². The Kier molecular flexibility index (Phi) is 7.45. The van der Waals surface area contributed by atoms with Crippen molar-refractivity contribution in [3.05, 3.63) is 83.2 Å². The minimum Gasteiger partial charge on any atom is -0.493 e. The molecule has 0 fully saturated rings. The number of nitrogens with zero attached hydrogens (tertiary/aromatic N) is 2. The summed E-state index contributed by atoms with van der Waals surface area (Å²) in [5.41, 5.74) is 5.42. The highest BCUT2D eigenvalue weighted by Gasteiger charge is 2.23. The lowest BCUT2D eigenvalue weighted by molar-refractivity contribution is 0.0859. The molecule has 0 bridgehead atoms. The molecule has 0 radical (unpaired) electrons. The Morgan fingerprint density at radius 2 is 1.73 bits per heavy atom. The molecule has 1 atom stereocenters. The number of ether oxygens (including phenoxy) is 3. The number of pyridine rings is 1. The van der Waals surface area contributed by atoms with Crippen molar-refractivity contribution in [2.45, 2.75) is 38.7 Å². The van der Waals surface area contributed by atoms with E-state index in [1.807, 2.05) is 48.7 Å². The van der Waals surface area contributed by atoms with Crippen molar-refractivity contribution in [1.29, 1.82) is 0 Å². The average Bonchev–Trinajstić information content (AvgIpc) is 3.33. The highest BCUT2D eigenvalue weighted by Crippen LogP contribution is 2.29. The minimum atomic E-state index is 0.000578. The van der Waals surface area contributed by atoms with Gasteiger partial charge in [-0.2, -0.15) is 0 Å². The predicted molar refractivity (Wildman–Crippen MR) is 129 cm³/mol. The van der Waals surface area contributed by atoms with E-state index in [2.05, 4.69) is 29.2 Å². The Morgan fingerprint density at radius 3 is 2.42 bits per heavy atom. The second-order valence-electron chi connectivity index (χ2n) is 8.00. The zero-order valence-electron chi connectivity index (χ0n) is 19.4. The minimum absolute atomic E-state index is 0.000578. The van der Waals surface area contributed by atoms with E-state index in [1.54, 1.807) is 14.2 Å². The molecule has 172 valence electrons. The molecule has 0 amide bonds. The molecule has 0 saturated heterocycles. The van der Waals surface area contributed by atoms with Gasteiger partial charge in [0, 0.05) is 31.2 Å². The number of oxime groups is 1. The van der Waals surface area contributed by atoms with Gasteiger partial charge in [0.2, 0.25) is 0 Å². The van der Waals surface area contributed by atoms with Crippen LogP contribution in [0.5, 0.6) is 17.2 Å². The van der Waals surface area contributed by atoms with Crippen molar-refractivity contribution in [2.24, 2.45) is 5.16 Å². The van der Waals surface area contributed by atoms with Crippen LogP contribution >= 0.6 is 0 Å². The Hall–Kier alpha value is -3.54. The highest BCUT2D eigenvalue weighted by molar-refractivity contribution is 6.01. The molecule has 6 nitrogen and oxygen atoms in total. The predicted octanol–water partition coefficient (Wildman–Crippen LogP) is 5.02. The summed E-state index contributed by atoms with van der Waals surface area (Å²) in [7, 11) is 3.28. The summed E-state index contributed by atoms with van der Waals surface area (Å²) in [6.07, 6.45) is 5.23. The first kappa shape index (κ1) is 22.6. The third-order valence-corrected chi connectivity index (χ3v) is 5.75. The largest absolute Gasteiger partial charge is 0.493 e. The zero-order valence-corrected chi connectivity index (χ0v) is 19.4. The first-order valence-corrected chi connectivity index (χ1v) is 11.3. The molecule has 0 aliphatic carbocycles. The van der Waals surface area contributed by atoms with Crippen molar-refractivity contribution >= 4 is 5.71 Å². The first-order chi connectivity index (χ1) is 16.2. The molecular weight excluding hydrogens is 416 g/mol. The summed E-state index contributed by atoms with van der Waals surface area (Å²) in [6.45, 7) is 2.72. The number of aromatic nitrogens is 1. The van der Waals surface area contributed by atoms with Gasteiger partial charge in [-0.05, 0) is 65.6 Å². The van der Waals surface area contributed by atoms with Crippen molar-refractivity contribution in [1.82, 2.24) is 4.98 Å². The number of methoxy groups -OCH3 is 2. The molecule has 3 aromatic rings. The first-order valence-electron chi connectivity index (χ1n) is 11.3. The summed E-state index contributed by atoms with van der Waals surface area (Å²) in [6, 6.07) is 18.2. The van der Waals surface area contributed by atoms with E-state index in [0.717, 1.165) is 65.5 Å². The average molecular weight is 447 g/mol. The summed E-state index contributed by atoms with van der Waals surface area (Å²) in [5, 5.41) is 4.32. The van der Waals surface area contributed by atoms with E-state index in [0.29, 0.717) is 6.61 Å². The van der Waals surface area contributed by atoms with Crippen LogP contribution in [0, 0.1) is 0 Å². The lowest BCUT2D eigenvalue weighted by Crippen LogP contribution is -2.12. The maximum absolute atomic E-state index is 5.89. The van der Waals surface area contributed by atoms with Gasteiger partial charge < -0.3 is 19.0 Å². The summed E-state index contributed by atoms with van der Waals surface area (Å²) >= 11 is 0. The van der Waals surface area contributed by atoms with E-state index in [-0.39, 0.29) is 6.10 Å². The molecule has 0 N–H and O–H groups in total. The molecule has 0 saturated carbocycles. The van der Waals surface area contributed by atoms with Crippen molar-refractivity contribution in [3.63, 3.8) is 0 Å². The molecule has 2 heterocycles. The van der Waals surface area contributed by atoms with E-state index < -0.39 is 0 Å². The Balaban J connectivity index is 1.27. The summed E-state index contributed by atoms with van der Waals surface area (Å²) < 4.78 is 16.6. The van der Waals surface area contributed by atoms with Gasteiger partial charge in [-0.15, -0.1) is 0 Å². The maximum Gasteiger partial charge on any atom is 0.160 e. The van der Waals surface area contributed by atoms with Crippen molar-refractivity contribution < 1.29 is 19.0 Å². The fourth-order valence-corrected chi connectivity index (χ4v) is 3.81. The summed E-state index contributed by atoms with van der Waals surface area (Å²) in [5.74, 6) is 2.28. The van der Waals surface area contributed by atoms with E-state index in [1.165, 1.54) is 5.56 Å². The Morgan fingerprint density at radius 1 is 0.939 bits per heavy atom. The lowest BCUT2D eigenvalue weighted by Gasteiger charge is -2.12. The van der Waals surface area contributed by atoms with Crippen molar-refractivity contribution in [3.8, 4) is 17.2 Å². The molecule has 1 unspecified atom stereocenters. The van der Waals surface area contributed by atoms with Crippen molar-refractivity contribution in [2.75, 3.05) is 20.8 Å².